The number of aromatic amines is 1. The zero-order valence-corrected chi connectivity index (χ0v) is 19.0. The fourth-order valence-corrected chi connectivity index (χ4v) is 9.52. The number of aromatic hydroxyl groups is 1. The van der Waals surface area contributed by atoms with Gasteiger partial charge in [-0.2, -0.15) is 0 Å². The molecule has 3 fully saturated rings. The first kappa shape index (κ1) is 20.8. The maximum atomic E-state index is 13.2. The number of nitrogens with zero attached hydrogens (tertiary/aromatic N) is 1. The van der Waals surface area contributed by atoms with Gasteiger partial charge < -0.3 is 19.9 Å². The Balaban J connectivity index is 1.46. The summed E-state index contributed by atoms with van der Waals surface area (Å²) in [4.78, 5) is 54.3. The molecular formula is C22H20N2O7S2. The van der Waals surface area contributed by atoms with Crippen LogP contribution in [0.4, 0.5) is 0 Å². The van der Waals surface area contributed by atoms with Crippen molar-refractivity contribution in [2.45, 2.75) is 22.6 Å². The average Bonchev–Trinajstić information content (AvgIpc) is 3.49. The van der Waals surface area contributed by atoms with Gasteiger partial charge in [0.25, 0.3) is 0 Å². The van der Waals surface area contributed by atoms with Crippen LogP contribution in [0.5, 0.6) is 11.5 Å². The van der Waals surface area contributed by atoms with E-state index in [-0.39, 0.29) is 45.5 Å². The van der Waals surface area contributed by atoms with Gasteiger partial charge in [0.2, 0.25) is 11.8 Å². The van der Waals surface area contributed by atoms with Crippen molar-refractivity contribution in [1.29, 1.82) is 0 Å². The van der Waals surface area contributed by atoms with E-state index < -0.39 is 30.3 Å². The molecule has 0 spiro atoms. The van der Waals surface area contributed by atoms with Crippen molar-refractivity contribution in [3.05, 3.63) is 38.3 Å². The summed E-state index contributed by atoms with van der Waals surface area (Å²) in [7, 11) is 1.47. The number of carboxylic acid groups (broad SMARTS) is 1. The molecule has 2 bridgehead atoms. The number of hydrogen-bond acceptors (Lipinski definition) is 8. The van der Waals surface area contributed by atoms with Gasteiger partial charge in [0.05, 0.1) is 24.0 Å². The topological polar surface area (TPSA) is 137 Å². The first-order valence-corrected chi connectivity index (χ1v) is 12.3. The molecule has 1 saturated heterocycles. The van der Waals surface area contributed by atoms with Crippen molar-refractivity contribution in [2.24, 2.45) is 29.6 Å². The summed E-state index contributed by atoms with van der Waals surface area (Å²) in [6.45, 7) is -0.605. The van der Waals surface area contributed by atoms with E-state index in [4.69, 9.17) is 4.74 Å². The number of thiazole rings is 1. The highest BCUT2D eigenvalue weighted by Gasteiger charge is 2.69. The molecule has 2 aromatic rings. The quantitative estimate of drug-likeness (QED) is 0.553. The molecule has 9 nitrogen and oxygen atoms in total. The van der Waals surface area contributed by atoms with Crippen molar-refractivity contribution in [1.82, 2.24) is 9.88 Å². The number of benzene rings is 1. The highest BCUT2D eigenvalue weighted by atomic mass is 32.2. The molecule has 2 aliphatic carbocycles. The van der Waals surface area contributed by atoms with Crippen LogP contribution in [-0.4, -0.2) is 56.8 Å². The first-order chi connectivity index (χ1) is 15.8. The summed E-state index contributed by atoms with van der Waals surface area (Å²) in [6.07, 6.45) is 0.723. The Kier molecular flexibility index (Phi) is 4.47. The zero-order valence-electron chi connectivity index (χ0n) is 17.4. The molecule has 6 rings (SSSR count). The van der Waals surface area contributed by atoms with Gasteiger partial charge in [-0.05, 0) is 41.9 Å². The lowest BCUT2D eigenvalue weighted by Gasteiger charge is -2.43. The van der Waals surface area contributed by atoms with E-state index in [1.165, 1.54) is 7.11 Å². The van der Waals surface area contributed by atoms with E-state index in [2.05, 4.69) is 4.98 Å². The second-order valence-corrected chi connectivity index (χ2v) is 11.3. The van der Waals surface area contributed by atoms with Crippen LogP contribution in [0.2, 0.25) is 0 Å². The molecule has 2 amide bonds. The average molecular weight is 489 g/mol. The van der Waals surface area contributed by atoms with Crippen LogP contribution < -0.4 is 9.61 Å². The van der Waals surface area contributed by atoms with E-state index >= 15 is 0 Å². The number of carboxylic acids is 1. The van der Waals surface area contributed by atoms with E-state index in [9.17, 15) is 29.4 Å². The number of fused-ring (bicyclic) bond motifs is 9. The second kappa shape index (κ2) is 7.10. The number of likely N-dealkylation sites (tertiary alicyclic amines) is 1. The molecule has 33 heavy (non-hydrogen) atoms. The zero-order chi connectivity index (χ0) is 23.2. The normalized spacial score (nSPS) is 33.7. The molecule has 3 N–H and O–H groups in total. The molecule has 1 aromatic carbocycles. The molecule has 0 radical (unpaired) electrons. The van der Waals surface area contributed by atoms with Gasteiger partial charge in [0, 0.05) is 16.0 Å². The highest BCUT2D eigenvalue weighted by molar-refractivity contribution is 8.00. The maximum Gasteiger partial charge on any atom is 0.323 e. The number of methoxy groups -OCH3 is 1. The molecule has 7 atom stereocenters. The van der Waals surface area contributed by atoms with Crippen LogP contribution >= 0.6 is 23.1 Å². The maximum absolute atomic E-state index is 13.2. The van der Waals surface area contributed by atoms with Gasteiger partial charge in [-0.15, -0.1) is 11.8 Å². The van der Waals surface area contributed by atoms with E-state index in [0.29, 0.717) is 5.75 Å². The molecule has 11 heteroatoms. The number of aliphatic carboxylic acids is 1. The molecule has 1 aromatic heterocycles. The summed E-state index contributed by atoms with van der Waals surface area (Å²) in [5.74, 6) is -3.03. The number of aromatic nitrogens is 1. The number of rotatable bonds is 4. The number of carbonyl (C=O) groups excluding carboxylic acids is 2. The van der Waals surface area contributed by atoms with Crippen molar-refractivity contribution in [3.63, 3.8) is 0 Å². The number of hydrogen-bond donors (Lipinski definition) is 3. The Morgan fingerprint density at radius 3 is 2.64 bits per heavy atom. The van der Waals surface area contributed by atoms with Gasteiger partial charge in [0.15, 0.2) is 11.5 Å². The van der Waals surface area contributed by atoms with Crippen molar-refractivity contribution >= 4 is 40.9 Å². The predicted molar refractivity (Wildman–Crippen MR) is 118 cm³/mol. The fraction of sp³-hybridized carbons (Fsp3) is 0.455. The fourth-order valence-electron chi connectivity index (χ4n) is 6.63. The standard InChI is InChI=1S/C22H20N2O7S2/c1-31-11-4-7(2-3-10(11)25)13-14-8-5-9(17(14)32-19-18(13)33-22(30)23-19)16-15(8)20(28)24(21(16)29)6-12(26)27/h2-4,8-9,13-17,25H,5-6H2,1H3,(H,23,30)(H,26,27)/t8-,9+,13+,14+,15+,16+,17-/m0/s1. The van der Waals surface area contributed by atoms with Gasteiger partial charge in [-0.25, -0.2) is 0 Å². The number of amides is 2. The van der Waals surface area contributed by atoms with E-state index in [1.54, 1.807) is 23.9 Å². The summed E-state index contributed by atoms with van der Waals surface area (Å²) in [5, 5.41) is 20.1. The molecule has 0 unspecified atom stereocenters. The summed E-state index contributed by atoms with van der Waals surface area (Å²) in [6, 6.07) is 5.14. The molecule has 172 valence electrons. The lowest BCUT2D eigenvalue weighted by molar-refractivity contribution is -0.149. The van der Waals surface area contributed by atoms with Gasteiger partial charge >= 0.3 is 10.8 Å². The largest absolute Gasteiger partial charge is 0.504 e. The van der Waals surface area contributed by atoms with Crippen LogP contribution in [0.3, 0.4) is 0 Å². The SMILES string of the molecule is COc1cc([C@H]2c3sc(=O)[nH]c3S[C@H]3[C@@H]4C[C@H]([C@H]5C(=O)N(CC(=O)O)C(=O)[C@H]45)[C@H]23)ccc1O. The Morgan fingerprint density at radius 1 is 1.21 bits per heavy atom. The van der Waals surface area contributed by atoms with Gasteiger partial charge in [0.1, 0.15) is 6.54 Å². The smallest absolute Gasteiger partial charge is 0.323 e. The lowest BCUT2D eigenvalue weighted by Crippen LogP contribution is -2.42. The van der Waals surface area contributed by atoms with Gasteiger partial charge in [-0.3, -0.25) is 24.1 Å². The molecule has 4 aliphatic rings. The Hall–Kier alpha value is -2.79. The minimum atomic E-state index is -1.20. The number of nitrogens with one attached hydrogen (secondary N) is 1. The molecule has 3 heterocycles. The number of phenolic OH excluding ortho intramolecular Hbond substituents is 1. The Labute approximate surface area is 195 Å². The number of thioether (sulfide) groups is 1. The van der Waals surface area contributed by atoms with Crippen molar-refractivity contribution in [2.75, 3.05) is 13.7 Å². The van der Waals surface area contributed by atoms with Crippen LogP contribution in [0, 0.1) is 29.6 Å². The number of ether oxygens (including phenoxy) is 1. The minimum absolute atomic E-state index is 0.00372. The third-order valence-electron chi connectivity index (χ3n) is 7.67. The summed E-state index contributed by atoms with van der Waals surface area (Å²) in [5.41, 5.74) is 0.875. The van der Waals surface area contributed by atoms with Crippen molar-refractivity contribution in [3.8, 4) is 11.5 Å². The molecular weight excluding hydrogens is 468 g/mol. The number of H-pyrrole nitrogens is 1. The number of phenols is 1. The van der Waals surface area contributed by atoms with Crippen LogP contribution in [0.25, 0.3) is 0 Å². The third kappa shape index (κ3) is 2.78. The van der Waals surface area contributed by atoms with Crippen molar-refractivity contribution < 1.29 is 29.3 Å². The minimum Gasteiger partial charge on any atom is -0.504 e. The number of imide groups is 1. The second-order valence-electron chi connectivity index (χ2n) is 9.05. The Bertz CT molecular complexity index is 1270. The van der Waals surface area contributed by atoms with E-state index in [0.717, 1.165) is 38.1 Å². The monoisotopic (exact) mass is 488 g/mol. The van der Waals surface area contributed by atoms with Crippen LogP contribution in [0.15, 0.2) is 28.0 Å². The first-order valence-electron chi connectivity index (χ1n) is 10.6. The highest BCUT2D eigenvalue weighted by Crippen LogP contribution is 2.68. The predicted octanol–water partition coefficient (Wildman–Crippen LogP) is 1.71. The summed E-state index contributed by atoms with van der Waals surface area (Å²) >= 11 is 2.71. The lowest BCUT2D eigenvalue weighted by atomic mass is 9.68. The van der Waals surface area contributed by atoms with E-state index in [1.807, 2.05) is 6.07 Å². The summed E-state index contributed by atoms with van der Waals surface area (Å²) < 4.78 is 5.31. The van der Waals surface area contributed by atoms with Gasteiger partial charge in [-0.1, -0.05) is 17.4 Å². The molecule has 2 aliphatic heterocycles. The Morgan fingerprint density at radius 2 is 1.94 bits per heavy atom. The van der Waals surface area contributed by atoms with Crippen LogP contribution in [-0.2, 0) is 14.4 Å². The number of carbonyl (C=O) groups is 3. The third-order valence-corrected chi connectivity index (χ3v) is 10.3. The molecule has 2 saturated carbocycles. The van der Waals surface area contributed by atoms with Crippen LogP contribution in [0.1, 0.15) is 22.8 Å².